The van der Waals surface area contributed by atoms with Crippen LogP contribution < -0.4 is 10.5 Å². The van der Waals surface area contributed by atoms with Gasteiger partial charge in [-0.05, 0) is 26.0 Å². The minimum Gasteiger partial charge on any atom is -0.396 e. The van der Waals surface area contributed by atoms with E-state index in [1.807, 2.05) is 13.8 Å². The number of anilines is 1. The highest BCUT2D eigenvalue weighted by atomic mass is 35.5. The summed E-state index contributed by atoms with van der Waals surface area (Å²) >= 11 is 5.70. The Kier molecular flexibility index (Phi) is 5.54. The van der Waals surface area contributed by atoms with Crippen molar-refractivity contribution in [2.24, 2.45) is 0 Å². The molecule has 0 bridgehead atoms. The number of sulfonamides is 1. The summed E-state index contributed by atoms with van der Waals surface area (Å²) in [6.07, 6.45) is 0.00885. The number of hydrogen-bond acceptors (Lipinski definition) is 4. The Morgan fingerprint density at radius 2 is 2.11 bits per heavy atom. The van der Waals surface area contributed by atoms with Gasteiger partial charge in [0.2, 0.25) is 10.0 Å². The van der Waals surface area contributed by atoms with Crippen LogP contribution in [0.25, 0.3) is 0 Å². The number of hydrogen-bond donors (Lipinski definition) is 2. The van der Waals surface area contributed by atoms with Crippen molar-refractivity contribution in [2.75, 3.05) is 18.9 Å². The first kappa shape index (κ1) is 16.2. The molecule has 5 nitrogen and oxygen atoms in total. The van der Waals surface area contributed by atoms with Gasteiger partial charge in [-0.2, -0.15) is 0 Å². The monoisotopic (exact) mass is 310 g/mol. The first-order valence-corrected chi connectivity index (χ1v) is 7.46. The van der Waals surface area contributed by atoms with Gasteiger partial charge in [-0.3, -0.25) is 0 Å². The molecular formula is C11H16ClFN2O3S. The first-order valence-electron chi connectivity index (χ1n) is 5.60. The molecule has 0 amide bonds. The number of ether oxygens (including phenoxy) is 1. The zero-order chi connectivity index (χ0) is 14.6. The zero-order valence-corrected chi connectivity index (χ0v) is 12.2. The summed E-state index contributed by atoms with van der Waals surface area (Å²) in [5, 5.41) is -0.219. The lowest BCUT2D eigenvalue weighted by atomic mass is 10.3. The van der Waals surface area contributed by atoms with Gasteiger partial charge in [0.05, 0.1) is 23.4 Å². The van der Waals surface area contributed by atoms with Crippen LogP contribution in [0.1, 0.15) is 13.8 Å². The second-order valence-electron chi connectivity index (χ2n) is 4.12. The van der Waals surface area contributed by atoms with Gasteiger partial charge in [0.1, 0.15) is 10.7 Å². The van der Waals surface area contributed by atoms with Gasteiger partial charge in [0.15, 0.2) is 0 Å². The van der Waals surface area contributed by atoms with Gasteiger partial charge in [-0.1, -0.05) is 11.6 Å². The van der Waals surface area contributed by atoms with Crippen LogP contribution in [0.5, 0.6) is 0 Å². The molecule has 0 fully saturated rings. The number of nitrogens with one attached hydrogen (secondary N) is 1. The van der Waals surface area contributed by atoms with E-state index in [1.54, 1.807) is 0 Å². The minimum atomic E-state index is -3.84. The number of nitrogen functional groups attached to an aromatic ring is 1. The van der Waals surface area contributed by atoms with Gasteiger partial charge in [-0.15, -0.1) is 0 Å². The van der Waals surface area contributed by atoms with E-state index >= 15 is 0 Å². The molecule has 0 aliphatic heterocycles. The van der Waals surface area contributed by atoms with Gasteiger partial charge < -0.3 is 10.5 Å². The smallest absolute Gasteiger partial charge is 0.242 e. The van der Waals surface area contributed by atoms with E-state index in [-0.39, 0.29) is 34.9 Å². The summed E-state index contributed by atoms with van der Waals surface area (Å²) in [5.41, 5.74) is 5.06. The van der Waals surface area contributed by atoms with E-state index in [2.05, 4.69) is 4.72 Å². The third-order valence-electron chi connectivity index (χ3n) is 2.19. The number of rotatable bonds is 6. The second kappa shape index (κ2) is 6.51. The summed E-state index contributed by atoms with van der Waals surface area (Å²) in [6.45, 7) is 4.00. The molecule has 0 heterocycles. The quantitative estimate of drug-likeness (QED) is 0.620. The Balaban J connectivity index is 2.80. The summed E-state index contributed by atoms with van der Waals surface area (Å²) in [4.78, 5) is -0.252. The lowest BCUT2D eigenvalue weighted by Gasteiger charge is -2.11. The number of benzene rings is 1. The van der Waals surface area contributed by atoms with Crippen molar-refractivity contribution in [3.63, 3.8) is 0 Å². The van der Waals surface area contributed by atoms with Gasteiger partial charge >= 0.3 is 0 Å². The van der Waals surface area contributed by atoms with Crippen molar-refractivity contribution in [3.05, 3.63) is 23.0 Å². The third-order valence-corrected chi connectivity index (χ3v) is 4.11. The molecular weight excluding hydrogens is 295 g/mol. The van der Waals surface area contributed by atoms with Crippen LogP contribution in [0.4, 0.5) is 10.1 Å². The highest BCUT2D eigenvalue weighted by molar-refractivity contribution is 7.89. The van der Waals surface area contributed by atoms with Crippen LogP contribution in [0.15, 0.2) is 17.0 Å². The fourth-order valence-corrected chi connectivity index (χ4v) is 2.86. The summed E-state index contributed by atoms with van der Waals surface area (Å²) in [6, 6.07) is 1.86. The highest BCUT2D eigenvalue weighted by Crippen LogP contribution is 2.25. The first-order chi connectivity index (χ1) is 8.74. The molecule has 0 spiro atoms. The molecule has 1 aromatic carbocycles. The third kappa shape index (κ3) is 4.61. The van der Waals surface area contributed by atoms with Crippen LogP contribution in [-0.4, -0.2) is 27.7 Å². The van der Waals surface area contributed by atoms with Crippen molar-refractivity contribution in [3.8, 4) is 0 Å². The Labute approximate surface area is 116 Å². The molecule has 1 rings (SSSR count). The Hall–Kier alpha value is -0.890. The van der Waals surface area contributed by atoms with Crippen molar-refractivity contribution in [2.45, 2.75) is 24.8 Å². The van der Waals surface area contributed by atoms with Crippen molar-refractivity contribution < 1.29 is 17.5 Å². The maximum absolute atomic E-state index is 13.1. The van der Waals surface area contributed by atoms with Crippen LogP contribution >= 0.6 is 11.6 Å². The minimum absolute atomic E-state index is 0.00885. The predicted octanol–water partition coefficient (Wildman–Crippen LogP) is 1.76. The van der Waals surface area contributed by atoms with E-state index in [9.17, 15) is 12.8 Å². The predicted molar refractivity (Wildman–Crippen MR) is 72.1 cm³/mol. The molecule has 0 saturated heterocycles. The van der Waals surface area contributed by atoms with Gasteiger partial charge in [0, 0.05) is 6.54 Å². The molecule has 0 aliphatic rings. The molecule has 0 radical (unpaired) electrons. The van der Waals surface area contributed by atoms with Crippen molar-refractivity contribution >= 4 is 27.3 Å². The lowest BCUT2D eigenvalue weighted by Crippen LogP contribution is -2.28. The molecule has 0 saturated carbocycles. The van der Waals surface area contributed by atoms with E-state index < -0.39 is 15.8 Å². The standard InChI is InChI=1S/C11H16ClFN2O3S/c1-7(2)18-4-3-15-19(16,17)11-6-10(14)9(13)5-8(11)12/h5-7,15H,3-4,14H2,1-2H3. The highest BCUT2D eigenvalue weighted by Gasteiger charge is 2.19. The summed E-state index contributed by atoms with van der Waals surface area (Å²) < 4.78 is 44.5. The number of halogens is 2. The molecule has 0 unspecified atom stereocenters. The molecule has 0 aliphatic carbocycles. The van der Waals surface area contributed by atoms with Crippen LogP contribution in [0.3, 0.4) is 0 Å². The Bertz CT molecular complexity index is 549. The molecule has 108 valence electrons. The number of nitrogens with two attached hydrogens (primary N) is 1. The molecule has 8 heteroatoms. The zero-order valence-electron chi connectivity index (χ0n) is 10.6. The fraction of sp³-hybridized carbons (Fsp3) is 0.455. The van der Waals surface area contributed by atoms with E-state index in [1.165, 1.54) is 0 Å². The lowest BCUT2D eigenvalue weighted by molar-refractivity contribution is 0.0834. The molecule has 19 heavy (non-hydrogen) atoms. The Morgan fingerprint density at radius 3 is 2.68 bits per heavy atom. The van der Waals surface area contributed by atoms with Gasteiger partial charge in [-0.25, -0.2) is 17.5 Å². The van der Waals surface area contributed by atoms with Gasteiger partial charge in [0.25, 0.3) is 0 Å². The average Bonchev–Trinajstić information content (AvgIpc) is 2.29. The topological polar surface area (TPSA) is 81.4 Å². The van der Waals surface area contributed by atoms with E-state index in [4.69, 9.17) is 22.1 Å². The summed E-state index contributed by atoms with van der Waals surface area (Å²) in [7, 11) is -3.84. The van der Waals surface area contributed by atoms with Crippen molar-refractivity contribution in [1.82, 2.24) is 4.72 Å². The maximum atomic E-state index is 13.1. The van der Waals surface area contributed by atoms with E-state index in [0.29, 0.717) is 0 Å². The SMILES string of the molecule is CC(C)OCCNS(=O)(=O)c1cc(N)c(F)cc1Cl. The van der Waals surface area contributed by atoms with Crippen LogP contribution in [0.2, 0.25) is 5.02 Å². The molecule has 1 aromatic rings. The normalized spacial score (nSPS) is 12.1. The van der Waals surface area contributed by atoms with E-state index in [0.717, 1.165) is 12.1 Å². The summed E-state index contributed by atoms with van der Waals surface area (Å²) in [5.74, 6) is -0.757. The second-order valence-corrected chi connectivity index (χ2v) is 6.26. The molecule has 3 N–H and O–H groups in total. The molecule has 0 atom stereocenters. The van der Waals surface area contributed by atoms with Crippen LogP contribution in [0, 0.1) is 5.82 Å². The van der Waals surface area contributed by atoms with Crippen LogP contribution in [-0.2, 0) is 14.8 Å². The largest absolute Gasteiger partial charge is 0.396 e. The maximum Gasteiger partial charge on any atom is 0.242 e. The van der Waals surface area contributed by atoms with Crippen molar-refractivity contribution in [1.29, 1.82) is 0 Å². The fourth-order valence-electron chi connectivity index (χ4n) is 1.30. The Morgan fingerprint density at radius 1 is 1.47 bits per heavy atom. The molecule has 0 aromatic heterocycles. The average molecular weight is 311 g/mol.